The van der Waals surface area contributed by atoms with Crippen molar-refractivity contribution in [2.45, 2.75) is 386 Å². The zero-order valence-corrected chi connectivity index (χ0v) is 48.9. The Balaban J connectivity index is 3.28. The molecule has 0 aromatic carbocycles. The van der Waals surface area contributed by atoms with Gasteiger partial charge in [-0.05, 0) is 51.4 Å². The van der Waals surface area contributed by atoms with Crippen LogP contribution in [0.4, 0.5) is 0 Å². The van der Waals surface area contributed by atoms with E-state index in [0.717, 1.165) is 44.9 Å². The van der Waals surface area contributed by atoms with E-state index in [-0.39, 0.29) is 18.5 Å². The monoisotopic (exact) mass is 1020 g/mol. The van der Waals surface area contributed by atoms with Crippen molar-refractivity contribution < 1.29 is 24.5 Å². The summed E-state index contributed by atoms with van der Waals surface area (Å²) in [5, 5.41) is 23.1. The van der Waals surface area contributed by atoms with E-state index in [1.807, 2.05) is 0 Å². The Labute approximate surface area is 450 Å². The zero-order chi connectivity index (χ0) is 52.2. The van der Waals surface area contributed by atoms with E-state index < -0.39 is 12.1 Å². The summed E-state index contributed by atoms with van der Waals surface area (Å²) in [6, 6.07) is -0.535. The Morgan fingerprint density at radius 3 is 0.986 bits per heavy atom. The molecule has 0 spiro atoms. The lowest BCUT2D eigenvalue weighted by Crippen LogP contribution is -2.45. The van der Waals surface area contributed by atoms with E-state index >= 15 is 0 Å². The van der Waals surface area contributed by atoms with Crippen molar-refractivity contribution in [1.29, 1.82) is 0 Å². The van der Waals surface area contributed by atoms with Crippen LogP contribution in [0.2, 0.25) is 0 Å². The number of ether oxygens (including phenoxy) is 1. The lowest BCUT2D eigenvalue weighted by molar-refractivity contribution is -0.143. The number of nitrogens with one attached hydrogen (secondary N) is 1. The molecule has 3 N–H and O–H groups in total. The Morgan fingerprint density at radius 2 is 0.653 bits per heavy atom. The minimum absolute atomic E-state index is 0.0131. The third-order valence-corrected chi connectivity index (χ3v) is 15.6. The standard InChI is InChI=1S/C66H129NO5/c1-3-5-7-9-11-13-14-15-37-40-44-48-52-56-60-66(71)72-61-57-53-49-45-41-38-35-33-31-29-27-25-23-21-19-17-16-18-20-22-24-26-28-30-32-34-36-39-43-47-51-55-59-65(70)67-63(62-68)64(69)58-54-50-46-42-12-10-8-6-4-2/h14-15,63-64,68-69H,3-13,16-62H2,1-2H3,(H,67,70)/b15-14-. The van der Waals surface area contributed by atoms with E-state index in [9.17, 15) is 19.8 Å². The Bertz CT molecular complexity index is 1080. The maximum Gasteiger partial charge on any atom is 0.305 e. The topological polar surface area (TPSA) is 95.9 Å². The van der Waals surface area contributed by atoms with Crippen molar-refractivity contribution in [3.8, 4) is 0 Å². The molecule has 428 valence electrons. The van der Waals surface area contributed by atoms with Crippen molar-refractivity contribution in [2.75, 3.05) is 13.2 Å². The Hall–Kier alpha value is -1.40. The highest BCUT2D eigenvalue weighted by molar-refractivity contribution is 5.76. The fourth-order valence-electron chi connectivity index (χ4n) is 10.5. The van der Waals surface area contributed by atoms with E-state index in [0.29, 0.717) is 25.9 Å². The van der Waals surface area contributed by atoms with E-state index in [4.69, 9.17) is 4.74 Å². The number of aliphatic hydroxyl groups excluding tert-OH is 2. The maximum atomic E-state index is 12.4. The van der Waals surface area contributed by atoms with Gasteiger partial charge in [-0.15, -0.1) is 0 Å². The number of amides is 1. The van der Waals surface area contributed by atoms with Gasteiger partial charge in [-0.25, -0.2) is 0 Å². The molecule has 2 atom stereocenters. The van der Waals surface area contributed by atoms with Crippen LogP contribution < -0.4 is 5.32 Å². The molecule has 0 saturated heterocycles. The van der Waals surface area contributed by atoms with Crippen LogP contribution in [0.15, 0.2) is 12.2 Å². The van der Waals surface area contributed by atoms with Gasteiger partial charge in [-0.2, -0.15) is 0 Å². The highest BCUT2D eigenvalue weighted by Crippen LogP contribution is 2.19. The van der Waals surface area contributed by atoms with Gasteiger partial charge >= 0.3 is 5.97 Å². The van der Waals surface area contributed by atoms with Crippen LogP contribution in [-0.4, -0.2) is 47.4 Å². The quantitative estimate of drug-likeness (QED) is 0.0320. The first kappa shape index (κ1) is 70.6. The summed E-state index contributed by atoms with van der Waals surface area (Å²) in [6.45, 7) is 4.95. The van der Waals surface area contributed by atoms with Gasteiger partial charge in [0.05, 0.1) is 25.4 Å². The number of hydrogen-bond donors (Lipinski definition) is 3. The lowest BCUT2D eigenvalue weighted by atomic mass is 10.0. The van der Waals surface area contributed by atoms with Crippen LogP contribution in [-0.2, 0) is 14.3 Å². The molecule has 0 aromatic heterocycles. The van der Waals surface area contributed by atoms with Crippen molar-refractivity contribution in [1.82, 2.24) is 5.32 Å². The molecule has 0 aliphatic carbocycles. The number of rotatable bonds is 62. The van der Waals surface area contributed by atoms with Crippen LogP contribution in [0.25, 0.3) is 0 Å². The molecule has 2 unspecified atom stereocenters. The molecule has 72 heavy (non-hydrogen) atoms. The van der Waals surface area contributed by atoms with E-state index in [1.165, 1.54) is 295 Å². The van der Waals surface area contributed by atoms with Crippen molar-refractivity contribution in [3.05, 3.63) is 12.2 Å². The van der Waals surface area contributed by atoms with Crippen molar-refractivity contribution in [2.24, 2.45) is 0 Å². The number of carbonyl (C=O) groups is 2. The second kappa shape index (κ2) is 62.1. The molecule has 6 heteroatoms. The summed E-state index contributed by atoms with van der Waals surface area (Å²) in [5.41, 5.74) is 0. The third-order valence-electron chi connectivity index (χ3n) is 15.6. The molecule has 6 nitrogen and oxygen atoms in total. The average Bonchev–Trinajstić information content (AvgIpc) is 3.38. The number of allylic oxidation sites excluding steroid dienone is 2. The average molecular weight is 1020 g/mol. The third kappa shape index (κ3) is 57.9. The molecule has 0 bridgehead atoms. The smallest absolute Gasteiger partial charge is 0.305 e. The molecule has 0 radical (unpaired) electrons. The summed E-state index contributed by atoms with van der Waals surface area (Å²) < 4.78 is 5.49. The number of hydrogen-bond acceptors (Lipinski definition) is 5. The van der Waals surface area contributed by atoms with Gasteiger partial charge in [0.15, 0.2) is 0 Å². The molecule has 0 aliphatic heterocycles. The second-order valence-corrected chi connectivity index (χ2v) is 22.8. The molecule has 0 saturated carbocycles. The SMILES string of the molecule is CCCCCCC/C=C\CCCCCCCC(=O)OCCCCCCCCCCCCCCCCCCCCCCCCCCCCCCCCCCC(=O)NC(CO)C(O)CCCCCCCCCCC. The largest absolute Gasteiger partial charge is 0.466 e. The minimum Gasteiger partial charge on any atom is -0.466 e. The van der Waals surface area contributed by atoms with E-state index in [1.54, 1.807) is 0 Å². The molecule has 0 rings (SSSR count). The summed E-state index contributed by atoms with van der Waals surface area (Å²) >= 11 is 0. The molecule has 0 aliphatic rings. The van der Waals surface area contributed by atoms with Gasteiger partial charge in [0.25, 0.3) is 0 Å². The first-order chi connectivity index (χ1) is 35.5. The van der Waals surface area contributed by atoms with Crippen LogP contribution in [0.5, 0.6) is 0 Å². The molecule has 0 fully saturated rings. The van der Waals surface area contributed by atoms with Gasteiger partial charge in [0.1, 0.15) is 0 Å². The Kier molecular flexibility index (Phi) is 60.9. The van der Waals surface area contributed by atoms with Crippen molar-refractivity contribution in [3.63, 3.8) is 0 Å². The van der Waals surface area contributed by atoms with Crippen LogP contribution >= 0.6 is 0 Å². The fourth-order valence-corrected chi connectivity index (χ4v) is 10.5. The van der Waals surface area contributed by atoms with Crippen LogP contribution in [0.1, 0.15) is 373 Å². The normalized spacial score (nSPS) is 12.6. The lowest BCUT2D eigenvalue weighted by Gasteiger charge is -2.22. The number of esters is 1. The fraction of sp³-hybridized carbons (Fsp3) is 0.939. The predicted molar refractivity (Wildman–Crippen MR) is 315 cm³/mol. The number of carbonyl (C=O) groups excluding carboxylic acids is 2. The molecule has 0 heterocycles. The highest BCUT2D eigenvalue weighted by atomic mass is 16.5. The first-order valence-electron chi connectivity index (χ1n) is 32.9. The van der Waals surface area contributed by atoms with Gasteiger partial charge in [0.2, 0.25) is 5.91 Å². The highest BCUT2D eigenvalue weighted by Gasteiger charge is 2.20. The van der Waals surface area contributed by atoms with Gasteiger partial charge in [-0.3, -0.25) is 9.59 Å². The number of unbranched alkanes of at least 4 members (excludes halogenated alkanes) is 49. The number of aliphatic hydroxyl groups is 2. The van der Waals surface area contributed by atoms with Gasteiger partial charge in [0, 0.05) is 12.8 Å². The molecular formula is C66H129NO5. The summed E-state index contributed by atoms with van der Waals surface area (Å²) in [6.07, 6.45) is 75.5. The summed E-state index contributed by atoms with van der Waals surface area (Å²) in [5.74, 6) is -0.0180. The summed E-state index contributed by atoms with van der Waals surface area (Å²) in [7, 11) is 0. The van der Waals surface area contributed by atoms with Crippen LogP contribution in [0.3, 0.4) is 0 Å². The Morgan fingerprint density at radius 1 is 0.375 bits per heavy atom. The second-order valence-electron chi connectivity index (χ2n) is 22.8. The van der Waals surface area contributed by atoms with Gasteiger partial charge < -0.3 is 20.3 Å². The molecule has 1 amide bonds. The maximum absolute atomic E-state index is 12.4. The predicted octanol–water partition coefficient (Wildman–Crippen LogP) is 20.8. The first-order valence-corrected chi connectivity index (χ1v) is 32.9. The van der Waals surface area contributed by atoms with Crippen LogP contribution in [0, 0.1) is 0 Å². The van der Waals surface area contributed by atoms with Crippen molar-refractivity contribution >= 4 is 11.9 Å². The summed E-state index contributed by atoms with van der Waals surface area (Å²) in [4.78, 5) is 24.5. The van der Waals surface area contributed by atoms with E-state index in [2.05, 4.69) is 31.3 Å². The van der Waals surface area contributed by atoms with Gasteiger partial charge in [-0.1, -0.05) is 321 Å². The molecular weight excluding hydrogens is 887 g/mol. The zero-order valence-electron chi connectivity index (χ0n) is 48.9. The minimum atomic E-state index is -0.658. The molecule has 0 aromatic rings.